The Bertz CT molecular complexity index is 961. The number of ether oxygens (including phenoxy) is 4. The van der Waals surface area contributed by atoms with Crippen molar-refractivity contribution in [3.8, 4) is 0 Å². The van der Waals surface area contributed by atoms with Crippen LogP contribution in [0.2, 0.25) is 0 Å². The lowest BCUT2D eigenvalue weighted by Gasteiger charge is -2.35. The van der Waals surface area contributed by atoms with Gasteiger partial charge in [-0.1, -0.05) is 0 Å². The molecular weight excluding hydrogens is 638 g/mol. The monoisotopic (exact) mass is 703 g/mol. The molecule has 286 valence electrons. The van der Waals surface area contributed by atoms with Crippen LogP contribution in [0, 0.1) is 0 Å². The molecule has 0 aromatic carbocycles. The largest absolute Gasteiger partial charge is 0.497 e. The number of carbonyl (C=O) groups is 1. The van der Waals surface area contributed by atoms with Crippen LogP contribution < -0.4 is 38.9 Å². The Morgan fingerprint density at radius 1 is 1.12 bits per heavy atom. The van der Waals surface area contributed by atoms with E-state index in [4.69, 9.17) is 47.0 Å². The molecule has 49 heavy (non-hydrogen) atoms. The number of amides is 1. The third kappa shape index (κ3) is 15.7. The molecule has 4 heterocycles. The first-order chi connectivity index (χ1) is 23.5. The van der Waals surface area contributed by atoms with Gasteiger partial charge < -0.3 is 78.3 Å². The minimum Gasteiger partial charge on any atom is -0.497 e. The number of aliphatic hydroxyl groups excluding tert-OH is 3. The van der Waals surface area contributed by atoms with Crippen molar-refractivity contribution in [3.63, 3.8) is 0 Å². The van der Waals surface area contributed by atoms with Crippen LogP contribution in [0.4, 0.5) is 0 Å². The molecule has 0 aromatic heterocycles. The summed E-state index contributed by atoms with van der Waals surface area (Å²) in [5, 5.41) is 47.6. The number of piperidine rings is 1. The number of aliphatic hydroxyl groups is 4. The molecule has 1 amide bonds. The summed E-state index contributed by atoms with van der Waals surface area (Å²) in [6.45, 7) is 5.21. The quantitative estimate of drug-likeness (QED) is 0.0993. The highest BCUT2D eigenvalue weighted by Crippen LogP contribution is 2.27. The molecule has 0 aromatic rings. The van der Waals surface area contributed by atoms with Gasteiger partial charge in [-0.15, -0.1) is 0 Å². The van der Waals surface area contributed by atoms with Gasteiger partial charge in [0.05, 0.1) is 62.4 Å². The zero-order valence-corrected chi connectivity index (χ0v) is 29.1. The molecule has 5 rings (SSSR count). The van der Waals surface area contributed by atoms with E-state index in [1.165, 1.54) is 0 Å². The summed E-state index contributed by atoms with van der Waals surface area (Å²) < 4.78 is 22.2. The molecule has 4 fully saturated rings. The van der Waals surface area contributed by atoms with Gasteiger partial charge in [-0.25, -0.2) is 0 Å². The predicted molar refractivity (Wildman–Crippen MR) is 184 cm³/mol. The molecule has 1 saturated carbocycles. The highest BCUT2D eigenvalue weighted by atomic mass is 16.7. The second-order valence-corrected chi connectivity index (χ2v) is 13.9. The first kappa shape index (κ1) is 41.9. The average molecular weight is 704 g/mol. The lowest BCUT2D eigenvalue weighted by molar-refractivity contribution is -0.175. The molecule has 16 heteroatoms. The van der Waals surface area contributed by atoms with Crippen LogP contribution in [-0.4, -0.2) is 146 Å². The van der Waals surface area contributed by atoms with Gasteiger partial charge in [0, 0.05) is 38.0 Å². The topological polar surface area (TPSA) is 275 Å². The van der Waals surface area contributed by atoms with Crippen LogP contribution >= 0.6 is 0 Å². The number of hydrogen-bond donors (Lipinski definition) is 11. The summed E-state index contributed by atoms with van der Waals surface area (Å²) in [7, 11) is 0. The number of nitrogens with one attached hydrogen (secondary N) is 3. The van der Waals surface area contributed by atoms with Gasteiger partial charge in [0.2, 0.25) is 5.91 Å². The van der Waals surface area contributed by atoms with Crippen LogP contribution in [-0.2, 0) is 23.7 Å². The van der Waals surface area contributed by atoms with Crippen molar-refractivity contribution in [1.29, 1.82) is 0 Å². The second kappa shape index (κ2) is 22.4. The fourth-order valence-corrected chi connectivity index (χ4v) is 6.50. The number of allylic oxidation sites excluding steroid dienone is 1. The number of rotatable bonds is 12. The molecule has 0 radical (unpaired) electrons. The van der Waals surface area contributed by atoms with Crippen LogP contribution in [0.25, 0.3) is 0 Å². The van der Waals surface area contributed by atoms with Gasteiger partial charge in [-0.2, -0.15) is 0 Å². The lowest BCUT2D eigenvalue weighted by Crippen LogP contribution is -2.50. The predicted octanol–water partition coefficient (Wildman–Crippen LogP) is -2.62. The first-order valence-corrected chi connectivity index (χ1v) is 18.1. The summed E-state index contributed by atoms with van der Waals surface area (Å²) in [6, 6.07) is -0.428. The summed E-state index contributed by atoms with van der Waals surface area (Å²) >= 11 is 0. The van der Waals surface area contributed by atoms with E-state index in [0.717, 1.165) is 70.5 Å². The third-order valence-corrected chi connectivity index (χ3v) is 9.49. The molecule has 16 nitrogen and oxygen atoms in total. The highest BCUT2D eigenvalue weighted by molar-refractivity contribution is 5.80. The van der Waals surface area contributed by atoms with Crippen molar-refractivity contribution >= 4 is 5.91 Å². The molecule has 0 bridgehead atoms. The minimum atomic E-state index is -1.08. The molecule has 0 spiro atoms. The van der Waals surface area contributed by atoms with E-state index in [1.807, 2.05) is 0 Å². The zero-order chi connectivity index (χ0) is 35.6. The molecule has 5 aliphatic rings. The minimum absolute atomic E-state index is 0.00174. The van der Waals surface area contributed by atoms with Gasteiger partial charge in [-0.3, -0.25) is 4.79 Å². The molecular formula is C33H65N7O9. The van der Waals surface area contributed by atoms with Crippen LogP contribution in [0.1, 0.15) is 70.6 Å². The van der Waals surface area contributed by atoms with Crippen molar-refractivity contribution in [1.82, 2.24) is 16.0 Å². The van der Waals surface area contributed by atoms with Crippen LogP contribution in [0.3, 0.4) is 0 Å². The van der Waals surface area contributed by atoms with E-state index in [-0.39, 0.29) is 62.3 Å². The standard InChI is InChI=1S/C15H29N3O5.C12H22N2O2.C6H14N2O2/c16-4-3-13(20)15(21)18-10-5-9(17)6-12(7-10)23-14-2-1-11(8-19)22-14;15-12(4-6-13-7-5-12)10-14-9-11-3-1-2-8-16-11;7-2-4-1-6(9)5(8)3-10-4/h9-14,19-20H,1-8,16-17H2,(H,18,21);3,13-15H,1-2,4-10H2;4-6,9H,1-3,7-8H2/t;;4-,5+,6?/m..1/s1. The van der Waals surface area contributed by atoms with Gasteiger partial charge in [0.15, 0.2) is 6.29 Å². The van der Waals surface area contributed by atoms with E-state index >= 15 is 0 Å². The first-order valence-electron chi connectivity index (χ1n) is 18.1. The third-order valence-electron chi connectivity index (χ3n) is 9.49. The summed E-state index contributed by atoms with van der Waals surface area (Å²) in [4.78, 5) is 11.9. The maximum Gasteiger partial charge on any atom is 0.249 e. The van der Waals surface area contributed by atoms with Gasteiger partial charge in [0.25, 0.3) is 0 Å². The van der Waals surface area contributed by atoms with Gasteiger partial charge in [-0.05, 0) is 83.5 Å². The molecule has 15 N–H and O–H groups in total. The van der Waals surface area contributed by atoms with Crippen molar-refractivity contribution in [2.24, 2.45) is 22.9 Å². The maximum atomic E-state index is 11.9. The lowest BCUT2D eigenvalue weighted by atomic mass is 9.89. The fraction of sp³-hybridized carbons (Fsp3) is 0.909. The molecule has 7 unspecified atom stereocenters. The number of hydrogen-bond acceptors (Lipinski definition) is 15. The van der Waals surface area contributed by atoms with E-state index < -0.39 is 23.7 Å². The maximum absolute atomic E-state index is 11.9. The Labute approximate surface area is 291 Å². The normalized spacial score (nSPS) is 33.4. The molecule has 1 aliphatic carbocycles. The van der Waals surface area contributed by atoms with Crippen molar-refractivity contribution < 1.29 is 44.2 Å². The summed E-state index contributed by atoms with van der Waals surface area (Å²) in [5.41, 5.74) is 21.7. The van der Waals surface area contributed by atoms with Crippen molar-refractivity contribution in [3.05, 3.63) is 11.8 Å². The average Bonchev–Trinajstić information content (AvgIpc) is 3.54. The molecule has 9 atom stereocenters. The second-order valence-electron chi connectivity index (χ2n) is 13.9. The van der Waals surface area contributed by atoms with E-state index in [2.05, 4.69) is 22.0 Å². The van der Waals surface area contributed by atoms with Gasteiger partial charge in [0.1, 0.15) is 11.9 Å². The Morgan fingerprint density at radius 3 is 2.53 bits per heavy atom. The van der Waals surface area contributed by atoms with Gasteiger partial charge >= 0.3 is 0 Å². The SMILES string of the molecule is NCCC(O)C(=O)NC1CC(N)CC(OC2CCC(CO)O2)C1.NC[C@H]1CC(O)[C@@H](N)CO1.OC1(CNCC2=CCCCO2)CCNCC1. The Balaban J connectivity index is 0.000000216. The molecule has 4 aliphatic heterocycles. The Kier molecular flexibility index (Phi) is 19.2. The smallest absolute Gasteiger partial charge is 0.249 e. The highest BCUT2D eigenvalue weighted by Gasteiger charge is 2.34. The number of nitrogens with two attached hydrogens (primary N) is 4. The van der Waals surface area contributed by atoms with Crippen molar-refractivity contribution in [2.45, 2.75) is 131 Å². The van der Waals surface area contributed by atoms with Crippen LogP contribution in [0.5, 0.6) is 0 Å². The number of carbonyl (C=O) groups excluding carboxylic acids is 1. The Hall–Kier alpha value is -1.51. The fourth-order valence-electron chi connectivity index (χ4n) is 6.50. The molecule has 3 saturated heterocycles. The van der Waals surface area contributed by atoms with Crippen molar-refractivity contribution in [2.75, 3.05) is 59.1 Å². The van der Waals surface area contributed by atoms with Crippen LogP contribution in [0.15, 0.2) is 11.8 Å². The summed E-state index contributed by atoms with van der Waals surface area (Å²) in [6.07, 6.45) is 8.30. The van der Waals surface area contributed by atoms with E-state index in [0.29, 0.717) is 45.4 Å². The van der Waals surface area contributed by atoms with E-state index in [9.17, 15) is 20.1 Å². The summed E-state index contributed by atoms with van der Waals surface area (Å²) in [5.74, 6) is 0.620. The van der Waals surface area contributed by atoms with E-state index in [1.54, 1.807) is 0 Å². The zero-order valence-electron chi connectivity index (χ0n) is 29.1. The Morgan fingerprint density at radius 2 is 1.90 bits per heavy atom.